The number of anilines is 1. The molecule has 0 spiro atoms. The average molecular weight is 444 g/mol. The van der Waals surface area contributed by atoms with E-state index >= 15 is 0 Å². The van der Waals surface area contributed by atoms with Gasteiger partial charge in [-0.3, -0.25) is 24.5 Å². The predicted octanol–water partition coefficient (Wildman–Crippen LogP) is 1.20. The first-order chi connectivity index (χ1) is 13.6. The quantitative estimate of drug-likeness (QED) is 0.238. The van der Waals surface area contributed by atoms with Gasteiger partial charge in [0.05, 0.1) is 9.85 Å². The molecule has 156 valence electrons. The Morgan fingerprint density at radius 3 is 2.07 bits per heavy atom. The maximum atomic E-state index is 12.3. The van der Waals surface area contributed by atoms with Crippen LogP contribution in [0.5, 0.6) is 0 Å². The number of rotatable bonds is 10. The summed E-state index contributed by atoms with van der Waals surface area (Å²) in [6, 6.07) is 10.0. The van der Waals surface area contributed by atoms with Crippen LogP contribution < -0.4 is 9.03 Å². The topological polar surface area (TPSA) is 170 Å². The molecule has 0 heterocycles. The predicted molar refractivity (Wildman–Crippen MR) is 104 cm³/mol. The molecule has 0 amide bonds. The van der Waals surface area contributed by atoms with E-state index in [4.69, 9.17) is 0 Å². The van der Waals surface area contributed by atoms with E-state index in [9.17, 15) is 37.1 Å². The van der Waals surface area contributed by atoms with Crippen LogP contribution in [-0.4, -0.2) is 39.8 Å². The summed E-state index contributed by atoms with van der Waals surface area (Å²) in [6.07, 6.45) is -0.0325. The molecule has 0 bridgehead atoms. The van der Waals surface area contributed by atoms with E-state index in [0.29, 0.717) is 0 Å². The van der Waals surface area contributed by atoms with Crippen LogP contribution >= 0.6 is 0 Å². The number of nitrogens with zero attached hydrogens (tertiary/aromatic N) is 3. The van der Waals surface area contributed by atoms with E-state index in [1.807, 2.05) is 0 Å². The van der Waals surface area contributed by atoms with Crippen molar-refractivity contribution in [2.24, 2.45) is 0 Å². The molecule has 29 heavy (non-hydrogen) atoms. The van der Waals surface area contributed by atoms with Gasteiger partial charge in [0.1, 0.15) is 5.69 Å². The van der Waals surface area contributed by atoms with E-state index in [2.05, 4.69) is 4.72 Å². The van der Waals surface area contributed by atoms with Crippen LogP contribution in [0.1, 0.15) is 6.42 Å². The van der Waals surface area contributed by atoms with Crippen molar-refractivity contribution in [1.29, 1.82) is 0 Å². The van der Waals surface area contributed by atoms with Gasteiger partial charge in [-0.1, -0.05) is 24.3 Å². The maximum absolute atomic E-state index is 12.3. The van der Waals surface area contributed by atoms with Crippen molar-refractivity contribution >= 4 is 38.0 Å². The van der Waals surface area contributed by atoms with Crippen LogP contribution in [0.25, 0.3) is 0 Å². The van der Waals surface area contributed by atoms with Crippen LogP contribution in [0.3, 0.4) is 0 Å². The van der Waals surface area contributed by atoms with Crippen molar-refractivity contribution in [3.8, 4) is 0 Å². The van der Waals surface area contributed by atoms with Gasteiger partial charge < -0.3 is 0 Å². The molecular weight excluding hydrogens is 428 g/mol. The molecule has 0 fully saturated rings. The summed E-state index contributed by atoms with van der Waals surface area (Å²) in [6.45, 7) is -0.475. The second kappa shape index (κ2) is 9.40. The molecule has 0 aromatic heterocycles. The molecule has 0 saturated carbocycles. The van der Waals surface area contributed by atoms with Gasteiger partial charge in [-0.05, 0) is 18.6 Å². The third-order valence-electron chi connectivity index (χ3n) is 3.74. The summed E-state index contributed by atoms with van der Waals surface area (Å²) in [5.74, 6) is 0. The first-order valence-corrected chi connectivity index (χ1v) is 10.6. The van der Waals surface area contributed by atoms with Crippen molar-refractivity contribution in [3.05, 3.63) is 68.8 Å². The molecule has 2 rings (SSSR count). The molecule has 0 radical (unpaired) electrons. The highest BCUT2D eigenvalue weighted by molar-refractivity contribution is 7.89. The smallest absolute Gasteiger partial charge is 0.266 e. The highest BCUT2D eigenvalue weighted by Gasteiger charge is 2.25. The fourth-order valence-electron chi connectivity index (χ4n) is 2.48. The second-order valence-electron chi connectivity index (χ2n) is 5.58. The first-order valence-electron chi connectivity index (χ1n) is 8.03. The van der Waals surface area contributed by atoms with E-state index in [1.165, 1.54) is 30.3 Å². The highest BCUT2D eigenvalue weighted by Crippen LogP contribution is 2.28. The molecule has 0 aliphatic heterocycles. The van der Waals surface area contributed by atoms with Gasteiger partial charge in [0.2, 0.25) is 20.9 Å². The molecule has 2 aromatic rings. The molecule has 2 aromatic carbocycles. The minimum Gasteiger partial charge on any atom is -0.266 e. The minimum atomic E-state index is -4.21. The zero-order valence-corrected chi connectivity index (χ0v) is 16.4. The number of nitro groups is 2. The third-order valence-corrected chi connectivity index (χ3v) is 6.06. The first kappa shape index (κ1) is 22.2. The maximum Gasteiger partial charge on any atom is 0.293 e. The van der Waals surface area contributed by atoms with E-state index in [-0.39, 0.29) is 25.2 Å². The Labute approximate surface area is 167 Å². The van der Waals surface area contributed by atoms with Gasteiger partial charge in [-0.25, -0.2) is 21.6 Å². The minimum absolute atomic E-state index is 0.0325. The molecule has 14 heteroatoms. The zero-order valence-electron chi connectivity index (χ0n) is 14.7. The average Bonchev–Trinajstić information content (AvgIpc) is 2.67. The zero-order chi connectivity index (χ0) is 21.6. The Hall–Kier alpha value is -3.10. The molecule has 1 N–H and O–H groups in total. The molecule has 0 aliphatic rings. The largest absolute Gasteiger partial charge is 0.293 e. The summed E-state index contributed by atoms with van der Waals surface area (Å²) in [4.78, 5) is 20.0. The summed E-state index contributed by atoms with van der Waals surface area (Å²) in [5.41, 5.74) is -1.15. The van der Waals surface area contributed by atoms with Crippen LogP contribution in [0.4, 0.5) is 17.1 Å². The van der Waals surface area contributed by atoms with Crippen molar-refractivity contribution in [2.45, 2.75) is 11.3 Å². The van der Waals surface area contributed by atoms with Crippen LogP contribution in [0.2, 0.25) is 0 Å². The molecular formula is C15H16N4O8S2. The van der Waals surface area contributed by atoms with E-state index in [1.54, 1.807) is 0 Å². The lowest BCUT2D eigenvalue weighted by atomic mass is 10.2. The standard InChI is InChI=1S/C15H16N4O8S2/c20-18(21)13-7-2-1-6-12(13)17(28(24)25)11-5-10-16-29(26,27)15-9-4-3-8-14(15)19(22)23/h1-4,6-9,16,28H,5,10-11H2. The normalized spacial score (nSPS) is 11.3. The van der Waals surface area contributed by atoms with Crippen molar-refractivity contribution < 1.29 is 26.7 Å². The van der Waals surface area contributed by atoms with Crippen molar-refractivity contribution in [2.75, 3.05) is 17.4 Å². The molecule has 0 unspecified atom stereocenters. The van der Waals surface area contributed by atoms with E-state index < -0.39 is 47.0 Å². The number of hydrogen-bond donors (Lipinski definition) is 2. The fourth-order valence-corrected chi connectivity index (χ4v) is 4.37. The SMILES string of the molecule is O=[N+]([O-])c1ccccc1N(CCCNS(=O)(=O)c1ccccc1[N+](=O)[O-])[SH](=O)=O. The Balaban J connectivity index is 2.11. The van der Waals surface area contributed by atoms with Gasteiger partial charge in [0.15, 0.2) is 4.90 Å². The lowest BCUT2D eigenvalue weighted by molar-refractivity contribution is -0.387. The second-order valence-corrected chi connectivity index (χ2v) is 8.28. The molecule has 0 saturated heterocycles. The number of hydrogen-bond acceptors (Lipinski definition) is 8. The van der Waals surface area contributed by atoms with E-state index in [0.717, 1.165) is 22.5 Å². The summed E-state index contributed by atoms with van der Waals surface area (Å²) < 4.78 is 50.6. The fraction of sp³-hybridized carbons (Fsp3) is 0.200. The monoisotopic (exact) mass is 444 g/mol. The Morgan fingerprint density at radius 2 is 1.48 bits per heavy atom. The Kier molecular flexibility index (Phi) is 7.19. The molecule has 0 atom stereocenters. The van der Waals surface area contributed by atoms with Crippen LogP contribution in [-0.2, 0) is 20.9 Å². The van der Waals surface area contributed by atoms with Gasteiger partial charge in [-0.2, -0.15) is 0 Å². The molecule has 0 aliphatic carbocycles. The lowest BCUT2D eigenvalue weighted by Crippen LogP contribution is -2.30. The van der Waals surface area contributed by atoms with Gasteiger partial charge in [-0.15, -0.1) is 0 Å². The van der Waals surface area contributed by atoms with Crippen molar-refractivity contribution in [1.82, 2.24) is 4.72 Å². The highest BCUT2D eigenvalue weighted by atomic mass is 32.2. The number of nitro benzene ring substituents is 2. The number of benzene rings is 2. The Morgan fingerprint density at radius 1 is 0.931 bits per heavy atom. The van der Waals surface area contributed by atoms with Crippen LogP contribution in [0.15, 0.2) is 53.4 Å². The number of para-hydroxylation sites is 3. The van der Waals surface area contributed by atoms with Gasteiger partial charge >= 0.3 is 0 Å². The molecule has 12 nitrogen and oxygen atoms in total. The number of sulfonamides is 1. The lowest BCUT2D eigenvalue weighted by Gasteiger charge is -2.17. The number of thiol groups is 1. The van der Waals surface area contributed by atoms with Gasteiger partial charge in [0.25, 0.3) is 11.4 Å². The summed E-state index contributed by atoms with van der Waals surface area (Å²) in [5, 5.41) is 22.1. The Bertz CT molecular complexity index is 1090. The number of nitrogens with one attached hydrogen (secondary N) is 1. The third kappa shape index (κ3) is 5.46. The summed E-state index contributed by atoms with van der Waals surface area (Å²) >= 11 is 0. The van der Waals surface area contributed by atoms with Gasteiger partial charge in [0, 0.05) is 25.2 Å². The summed E-state index contributed by atoms with van der Waals surface area (Å²) in [7, 11) is -7.43. The van der Waals surface area contributed by atoms with Crippen molar-refractivity contribution in [3.63, 3.8) is 0 Å². The van der Waals surface area contributed by atoms with Crippen LogP contribution in [0, 0.1) is 20.2 Å².